The number of anilines is 1. The molecule has 1 saturated heterocycles. The van der Waals surface area contributed by atoms with Crippen LogP contribution in [0.3, 0.4) is 0 Å². The van der Waals surface area contributed by atoms with Gasteiger partial charge in [0.05, 0.1) is 19.8 Å². The van der Waals surface area contributed by atoms with Crippen LogP contribution in [-0.4, -0.2) is 43.7 Å². The number of rotatable bonds is 6. The van der Waals surface area contributed by atoms with Gasteiger partial charge < -0.3 is 14.8 Å². The molecule has 3 rings (SSSR count). The molecule has 0 bridgehead atoms. The molecule has 0 radical (unpaired) electrons. The first-order valence-electron chi connectivity index (χ1n) is 8.68. The quantitative estimate of drug-likeness (QED) is 0.877. The number of nitrogens with zero attached hydrogens (tertiary/aromatic N) is 1. The van der Waals surface area contributed by atoms with Crippen molar-refractivity contribution >= 4 is 11.6 Å². The molecule has 1 N–H and O–H groups in total. The second kappa shape index (κ2) is 8.65. The van der Waals surface area contributed by atoms with Crippen molar-refractivity contribution in [1.29, 1.82) is 0 Å². The minimum atomic E-state index is -0.137. The van der Waals surface area contributed by atoms with Gasteiger partial charge in [-0.1, -0.05) is 18.2 Å². The van der Waals surface area contributed by atoms with E-state index in [1.807, 2.05) is 31.2 Å². The molecule has 1 aliphatic rings. The molecule has 1 aliphatic heterocycles. The van der Waals surface area contributed by atoms with Gasteiger partial charge in [-0.2, -0.15) is 0 Å². The maximum atomic E-state index is 12.4. The number of ether oxygens (including phenoxy) is 2. The Bertz CT molecular complexity index is 694. The fourth-order valence-electron chi connectivity index (χ4n) is 2.81. The van der Waals surface area contributed by atoms with E-state index in [-0.39, 0.29) is 5.91 Å². The van der Waals surface area contributed by atoms with E-state index in [1.54, 1.807) is 12.1 Å². The molecule has 0 aliphatic carbocycles. The standard InChI is InChI=1S/C20H24N2O3/c1-2-25-19-5-3-4-17(14-19)20(23)21-18-8-6-16(7-9-18)15-22-10-12-24-13-11-22/h3-9,14H,2,10-13,15H2,1H3,(H,21,23). The molecular weight excluding hydrogens is 316 g/mol. The largest absolute Gasteiger partial charge is 0.494 e. The second-order valence-electron chi connectivity index (χ2n) is 6.00. The zero-order valence-corrected chi connectivity index (χ0v) is 14.5. The molecular formula is C20H24N2O3. The summed E-state index contributed by atoms with van der Waals surface area (Å²) in [5.41, 5.74) is 2.61. The van der Waals surface area contributed by atoms with Gasteiger partial charge in [-0.3, -0.25) is 9.69 Å². The van der Waals surface area contributed by atoms with Crippen LogP contribution in [0, 0.1) is 0 Å². The first-order valence-corrected chi connectivity index (χ1v) is 8.68. The molecule has 132 valence electrons. The van der Waals surface area contributed by atoms with Crippen LogP contribution < -0.4 is 10.1 Å². The lowest BCUT2D eigenvalue weighted by atomic mass is 10.1. The van der Waals surface area contributed by atoms with Gasteiger partial charge in [-0.25, -0.2) is 0 Å². The number of benzene rings is 2. The van der Waals surface area contributed by atoms with Crippen LogP contribution in [0.4, 0.5) is 5.69 Å². The summed E-state index contributed by atoms with van der Waals surface area (Å²) in [5, 5.41) is 2.93. The molecule has 0 spiro atoms. The van der Waals surface area contributed by atoms with Crippen LogP contribution in [0.15, 0.2) is 48.5 Å². The summed E-state index contributed by atoms with van der Waals surface area (Å²) in [7, 11) is 0. The molecule has 2 aromatic rings. The first-order chi connectivity index (χ1) is 12.2. The Morgan fingerprint density at radius 1 is 1.16 bits per heavy atom. The molecule has 0 aromatic heterocycles. The van der Waals surface area contributed by atoms with Crippen LogP contribution in [0.25, 0.3) is 0 Å². The molecule has 0 atom stereocenters. The van der Waals surface area contributed by atoms with Gasteiger partial charge in [0.1, 0.15) is 5.75 Å². The maximum absolute atomic E-state index is 12.4. The number of morpholine rings is 1. The Labute approximate surface area is 148 Å². The zero-order valence-electron chi connectivity index (χ0n) is 14.5. The van der Waals surface area contributed by atoms with Gasteiger partial charge in [-0.15, -0.1) is 0 Å². The molecule has 1 amide bonds. The van der Waals surface area contributed by atoms with Crippen molar-refractivity contribution in [3.05, 3.63) is 59.7 Å². The van der Waals surface area contributed by atoms with Crippen molar-refractivity contribution < 1.29 is 14.3 Å². The molecule has 1 fully saturated rings. The third-order valence-electron chi connectivity index (χ3n) is 4.13. The molecule has 5 heteroatoms. The topological polar surface area (TPSA) is 50.8 Å². The molecule has 1 heterocycles. The Morgan fingerprint density at radius 2 is 1.92 bits per heavy atom. The minimum absolute atomic E-state index is 0.137. The van der Waals surface area contributed by atoms with Crippen LogP contribution in [0.5, 0.6) is 5.75 Å². The highest BCUT2D eigenvalue weighted by Crippen LogP contribution is 2.16. The van der Waals surface area contributed by atoms with Crippen molar-refractivity contribution in [2.75, 3.05) is 38.2 Å². The monoisotopic (exact) mass is 340 g/mol. The van der Waals surface area contributed by atoms with Crippen LogP contribution >= 0.6 is 0 Å². The maximum Gasteiger partial charge on any atom is 0.255 e. The Hall–Kier alpha value is -2.37. The summed E-state index contributed by atoms with van der Waals surface area (Å²) < 4.78 is 10.8. The Morgan fingerprint density at radius 3 is 2.64 bits per heavy atom. The highest BCUT2D eigenvalue weighted by Gasteiger charge is 2.11. The predicted octanol–water partition coefficient (Wildman–Crippen LogP) is 3.17. The predicted molar refractivity (Wildman–Crippen MR) is 98.1 cm³/mol. The summed E-state index contributed by atoms with van der Waals surface area (Å²) in [6, 6.07) is 15.2. The number of hydrogen-bond acceptors (Lipinski definition) is 4. The molecule has 25 heavy (non-hydrogen) atoms. The highest BCUT2D eigenvalue weighted by atomic mass is 16.5. The number of carbonyl (C=O) groups excluding carboxylic acids is 1. The smallest absolute Gasteiger partial charge is 0.255 e. The number of nitrogens with one attached hydrogen (secondary N) is 1. The summed E-state index contributed by atoms with van der Waals surface area (Å²) in [5.74, 6) is 0.568. The third kappa shape index (κ3) is 5.05. The lowest BCUT2D eigenvalue weighted by Gasteiger charge is -2.26. The summed E-state index contributed by atoms with van der Waals surface area (Å²) >= 11 is 0. The average Bonchev–Trinajstić information content (AvgIpc) is 2.65. The first kappa shape index (κ1) is 17.5. The van der Waals surface area contributed by atoms with Gasteiger partial charge in [0, 0.05) is 30.9 Å². The number of carbonyl (C=O) groups is 1. The van der Waals surface area contributed by atoms with E-state index in [4.69, 9.17) is 9.47 Å². The lowest BCUT2D eigenvalue weighted by molar-refractivity contribution is 0.0342. The molecule has 2 aromatic carbocycles. The Kier molecular flexibility index (Phi) is 6.04. The molecule has 0 unspecified atom stereocenters. The average molecular weight is 340 g/mol. The normalized spacial score (nSPS) is 14.9. The van der Waals surface area contributed by atoms with Crippen molar-refractivity contribution in [3.8, 4) is 5.75 Å². The van der Waals surface area contributed by atoms with E-state index in [1.165, 1.54) is 5.56 Å². The van der Waals surface area contributed by atoms with Crippen molar-refractivity contribution in [3.63, 3.8) is 0 Å². The molecule has 5 nitrogen and oxygen atoms in total. The second-order valence-corrected chi connectivity index (χ2v) is 6.00. The van der Waals surface area contributed by atoms with E-state index >= 15 is 0 Å². The van der Waals surface area contributed by atoms with Gasteiger partial charge >= 0.3 is 0 Å². The van der Waals surface area contributed by atoms with E-state index in [0.29, 0.717) is 17.9 Å². The summed E-state index contributed by atoms with van der Waals surface area (Å²) in [6.07, 6.45) is 0. The number of amides is 1. The van der Waals surface area contributed by atoms with E-state index in [2.05, 4.69) is 22.3 Å². The Balaban J connectivity index is 1.58. The van der Waals surface area contributed by atoms with Crippen LogP contribution in [0.2, 0.25) is 0 Å². The summed E-state index contributed by atoms with van der Waals surface area (Å²) in [4.78, 5) is 14.8. The fraction of sp³-hybridized carbons (Fsp3) is 0.350. The highest BCUT2D eigenvalue weighted by molar-refractivity contribution is 6.04. The van der Waals surface area contributed by atoms with Crippen molar-refractivity contribution in [2.24, 2.45) is 0 Å². The van der Waals surface area contributed by atoms with Gasteiger partial charge in [0.25, 0.3) is 5.91 Å². The lowest BCUT2D eigenvalue weighted by Crippen LogP contribution is -2.35. The fourth-order valence-corrected chi connectivity index (χ4v) is 2.81. The van der Waals surface area contributed by atoms with E-state index in [9.17, 15) is 4.79 Å². The van der Waals surface area contributed by atoms with E-state index in [0.717, 1.165) is 38.5 Å². The van der Waals surface area contributed by atoms with Crippen molar-refractivity contribution in [1.82, 2.24) is 4.90 Å². The van der Waals surface area contributed by atoms with Crippen LogP contribution in [0.1, 0.15) is 22.8 Å². The van der Waals surface area contributed by atoms with E-state index < -0.39 is 0 Å². The SMILES string of the molecule is CCOc1cccc(C(=O)Nc2ccc(CN3CCOCC3)cc2)c1. The number of hydrogen-bond donors (Lipinski definition) is 1. The summed E-state index contributed by atoms with van der Waals surface area (Å²) in [6.45, 7) is 6.95. The zero-order chi connectivity index (χ0) is 17.5. The van der Waals surface area contributed by atoms with Gasteiger partial charge in [0.2, 0.25) is 0 Å². The van der Waals surface area contributed by atoms with Gasteiger partial charge in [0.15, 0.2) is 0 Å². The minimum Gasteiger partial charge on any atom is -0.494 e. The molecule has 0 saturated carbocycles. The third-order valence-corrected chi connectivity index (χ3v) is 4.13. The van der Waals surface area contributed by atoms with Gasteiger partial charge in [-0.05, 0) is 42.8 Å². The van der Waals surface area contributed by atoms with Crippen LogP contribution in [-0.2, 0) is 11.3 Å². The van der Waals surface area contributed by atoms with Crippen molar-refractivity contribution in [2.45, 2.75) is 13.5 Å².